The summed E-state index contributed by atoms with van der Waals surface area (Å²) in [4.78, 5) is 0. The van der Waals surface area contributed by atoms with Crippen molar-refractivity contribution in [2.45, 2.75) is 38.8 Å². The van der Waals surface area contributed by atoms with Crippen LogP contribution in [0.15, 0.2) is 6.20 Å². The highest BCUT2D eigenvalue weighted by Gasteiger charge is 2.18. The molecule has 1 aromatic heterocycles. The lowest BCUT2D eigenvalue weighted by molar-refractivity contribution is 0.0771. The van der Waals surface area contributed by atoms with Crippen LogP contribution in [0, 0.1) is 5.92 Å². The fraction of sp³-hybridized carbons (Fsp3) is 0.786. The van der Waals surface area contributed by atoms with Crippen LogP contribution in [0.2, 0.25) is 25.7 Å². The molecule has 1 unspecified atom stereocenters. The summed E-state index contributed by atoms with van der Waals surface area (Å²) < 4.78 is 18.3. The Kier molecular flexibility index (Phi) is 5.66. The molecule has 1 aromatic rings. The van der Waals surface area contributed by atoms with Gasteiger partial charge in [0.1, 0.15) is 12.4 Å². The van der Waals surface area contributed by atoms with E-state index in [-0.39, 0.29) is 0 Å². The maximum atomic E-state index is 5.91. The first kappa shape index (κ1) is 16.3. The summed E-state index contributed by atoms with van der Waals surface area (Å²) in [6.45, 7) is 10.4. The number of nitrogens with two attached hydrogens (primary N) is 1. The summed E-state index contributed by atoms with van der Waals surface area (Å²) in [5.41, 5.74) is 6.47. The Bertz CT molecular complexity index is 439. The molecule has 1 fully saturated rings. The number of hydrogen-bond acceptors (Lipinski definition) is 5. The van der Waals surface area contributed by atoms with Gasteiger partial charge in [-0.2, -0.15) is 0 Å². The Balaban J connectivity index is 1.73. The molecule has 7 heteroatoms. The molecule has 1 aliphatic rings. The smallest absolute Gasteiger partial charge is 0.256 e. The zero-order valence-electron chi connectivity index (χ0n) is 13.3. The van der Waals surface area contributed by atoms with Crippen LogP contribution in [0.1, 0.15) is 6.42 Å². The van der Waals surface area contributed by atoms with Gasteiger partial charge in [-0.25, -0.2) is 4.68 Å². The highest BCUT2D eigenvalue weighted by molar-refractivity contribution is 6.76. The number of nitrogens with zero attached hydrogens (tertiary/aromatic N) is 2. The summed E-state index contributed by atoms with van der Waals surface area (Å²) in [5.74, 6) is 0.943. The first-order chi connectivity index (χ1) is 9.94. The standard InChI is InChI=1S/C14H27N3O3Si/c1-21(2,3)7-6-19-11-17-8-13(15)14(16-17)20-10-12-4-5-18-9-12/h8,12H,4-7,9-11,15H2,1-3H3. The third-order valence-electron chi connectivity index (χ3n) is 3.45. The molecular weight excluding hydrogens is 286 g/mol. The van der Waals surface area contributed by atoms with E-state index in [0.717, 1.165) is 32.3 Å². The lowest BCUT2D eigenvalue weighted by Gasteiger charge is -2.15. The second kappa shape index (κ2) is 7.28. The molecular formula is C14H27N3O3Si. The largest absolute Gasteiger partial charge is 0.475 e. The van der Waals surface area contributed by atoms with Crippen LogP contribution in [0.4, 0.5) is 5.69 Å². The number of hydrogen-bond donors (Lipinski definition) is 1. The van der Waals surface area contributed by atoms with Crippen LogP contribution < -0.4 is 10.5 Å². The zero-order chi connectivity index (χ0) is 15.3. The fourth-order valence-corrected chi connectivity index (χ4v) is 2.80. The number of rotatable bonds is 8. The van der Waals surface area contributed by atoms with Crippen molar-refractivity contribution in [2.24, 2.45) is 5.92 Å². The maximum Gasteiger partial charge on any atom is 0.256 e. The molecule has 1 atom stereocenters. The summed E-state index contributed by atoms with van der Waals surface area (Å²) >= 11 is 0. The Morgan fingerprint density at radius 1 is 1.48 bits per heavy atom. The van der Waals surface area contributed by atoms with Crippen molar-refractivity contribution in [3.05, 3.63) is 6.20 Å². The van der Waals surface area contributed by atoms with Crippen LogP contribution in [0.3, 0.4) is 0 Å². The van der Waals surface area contributed by atoms with Crippen molar-refractivity contribution in [2.75, 3.05) is 32.2 Å². The second-order valence-electron chi connectivity index (χ2n) is 6.82. The molecule has 21 heavy (non-hydrogen) atoms. The SMILES string of the molecule is C[Si](C)(C)CCOCn1cc(N)c(OCC2CCOC2)n1. The molecule has 0 saturated carbocycles. The van der Waals surface area contributed by atoms with E-state index >= 15 is 0 Å². The van der Waals surface area contributed by atoms with Gasteiger partial charge in [0, 0.05) is 27.2 Å². The summed E-state index contributed by atoms with van der Waals surface area (Å²) in [6, 6.07) is 1.15. The average Bonchev–Trinajstić information content (AvgIpc) is 3.01. The third kappa shape index (κ3) is 5.68. The molecule has 0 bridgehead atoms. The predicted octanol–water partition coefficient (Wildman–Crippen LogP) is 2.19. The summed E-state index contributed by atoms with van der Waals surface area (Å²) in [7, 11) is -1.04. The van der Waals surface area contributed by atoms with Crippen molar-refractivity contribution in [1.29, 1.82) is 0 Å². The summed E-state index contributed by atoms with van der Waals surface area (Å²) in [5, 5.41) is 4.32. The lowest BCUT2D eigenvalue weighted by atomic mass is 10.1. The van der Waals surface area contributed by atoms with Gasteiger partial charge in [0.15, 0.2) is 0 Å². The maximum absolute atomic E-state index is 5.91. The minimum absolute atomic E-state index is 0.421. The number of ether oxygens (including phenoxy) is 3. The van der Waals surface area contributed by atoms with Gasteiger partial charge in [-0.05, 0) is 12.5 Å². The Labute approximate surface area is 127 Å². The Hall–Kier alpha value is -1.05. The van der Waals surface area contributed by atoms with E-state index < -0.39 is 8.07 Å². The van der Waals surface area contributed by atoms with Crippen molar-refractivity contribution in [3.8, 4) is 5.88 Å². The first-order valence-electron chi connectivity index (χ1n) is 7.55. The van der Waals surface area contributed by atoms with Crippen LogP contribution in [-0.2, 0) is 16.2 Å². The molecule has 0 aromatic carbocycles. The van der Waals surface area contributed by atoms with Gasteiger partial charge >= 0.3 is 0 Å². The van der Waals surface area contributed by atoms with Crippen molar-refractivity contribution in [3.63, 3.8) is 0 Å². The van der Waals surface area contributed by atoms with Crippen LogP contribution in [0.25, 0.3) is 0 Å². The summed E-state index contributed by atoms with van der Waals surface area (Å²) in [6.07, 6.45) is 2.80. The molecule has 1 aliphatic heterocycles. The van der Waals surface area contributed by atoms with Gasteiger partial charge in [0.2, 0.25) is 0 Å². The van der Waals surface area contributed by atoms with E-state index in [9.17, 15) is 0 Å². The van der Waals surface area contributed by atoms with E-state index in [2.05, 4.69) is 24.7 Å². The van der Waals surface area contributed by atoms with Crippen LogP contribution in [0.5, 0.6) is 5.88 Å². The molecule has 0 aliphatic carbocycles. The molecule has 6 nitrogen and oxygen atoms in total. The quantitative estimate of drug-likeness (QED) is 0.588. The topological polar surface area (TPSA) is 71.5 Å². The fourth-order valence-electron chi connectivity index (χ4n) is 2.05. The number of aromatic nitrogens is 2. The van der Waals surface area contributed by atoms with Crippen molar-refractivity contribution >= 4 is 13.8 Å². The van der Waals surface area contributed by atoms with E-state index in [1.165, 1.54) is 0 Å². The van der Waals surface area contributed by atoms with Gasteiger partial charge in [-0.15, -0.1) is 5.10 Å². The average molecular weight is 313 g/mol. The molecule has 2 rings (SSSR count). The van der Waals surface area contributed by atoms with E-state index in [1.54, 1.807) is 10.9 Å². The molecule has 0 spiro atoms. The van der Waals surface area contributed by atoms with Gasteiger partial charge in [-0.1, -0.05) is 19.6 Å². The van der Waals surface area contributed by atoms with Crippen LogP contribution >= 0.6 is 0 Å². The van der Waals surface area contributed by atoms with E-state index in [1.807, 2.05) is 0 Å². The third-order valence-corrected chi connectivity index (χ3v) is 5.16. The molecule has 2 heterocycles. The Morgan fingerprint density at radius 3 is 2.95 bits per heavy atom. The molecule has 0 radical (unpaired) electrons. The van der Waals surface area contributed by atoms with E-state index in [0.29, 0.717) is 30.8 Å². The van der Waals surface area contributed by atoms with Gasteiger partial charge < -0.3 is 19.9 Å². The Morgan fingerprint density at radius 2 is 2.29 bits per heavy atom. The highest BCUT2D eigenvalue weighted by Crippen LogP contribution is 2.21. The van der Waals surface area contributed by atoms with Crippen molar-refractivity contribution in [1.82, 2.24) is 9.78 Å². The normalized spacial score (nSPS) is 19.1. The molecule has 1 saturated heterocycles. The predicted molar refractivity (Wildman–Crippen MR) is 85.2 cm³/mol. The first-order valence-corrected chi connectivity index (χ1v) is 11.3. The molecule has 120 valence electrons. The van der Waals surface area contributed by atoms with Gasteiger partial charge in [-0.3, -0.25) is 0 Å². The highest BCUT2D eigenvalue weighted by atomic mass is 28.3. The lowest BCUT2D eigenvalue weighted by Crippen LogP contribution is -2.22. The van der Waals surface area contributed by atoms with Crippen LogP contribution in [-0.4, -0.2) is 44.3 Å². The van der Waals surface area contributed by atoms with E-state index in [4.69, 9.17) is 19.9 Å². The second-order valence-corrected chi connectivity index (χ2v) is 12.4. The molecule has 0 amide bonds. The van der Waals surface area contributed by atoms with Gasteiger partial charge in [0.05, 0.1) is 19.4 Å². The minimum atomic E-state index is -1.04. The monoisotopic (exact) mass is 313 g/mol. The van der Waals surface area contributed by atoms with Crippen molar-refractivity contribution < 1.29 is 14.2 Å². The number of anilines is 1. The van der Waals surface area contributed by atoms with Gasteiger partial charge in [0.25, 0.3) is 5.88 Å². The molecule has 2 N–H and O–H groups in total. The zero-order valence-corrected chi connectivity index (χ0v) is 14.3. The minimum Gasteiger partial charge on any atom is -0.475 e. The number of nitrogen functional groups attached to an aromatic ring is 1.